The highest BCUT2D eigenvalue weighted by molar-refractivity contribution is 7.99. The predicted octanol–water partition coefficient (Wildman–Crippen LogP) is 3.12. The molecule has 1 aliphatic heterocycles. The van der Waals surface area contributed by atoms with Crippen LogP contribution in [0.3, 0.4) is 0 Å². The molecule has 2 rings (SSSR count). The fraction of sp³-hybridized carbons (Fsp3) is 1.00. The molecule has 1 saturated carbocycles. The summed E-state index contributed by atoms with van der Waals surface area (Å²) in [6.45, 7) is 9.55. The van der Waals surface area contributed by atoms with Crippen molar-refractivity contribution in [1.82, 2.24) is 10.2 Å². The number of hydrogen-bond acceptors (Lipinski definition) is 3. The van der Waals surface area contributed by atoms with E-state index in [0.717, 1.165) is 6.04 Å². The lowest BCUT2D eigenvalue weighted by Gasteiger charge is -2.48. The Morgan fingerprint density at radius 1 is 1.39 bits per heavy atom. The lowest BCUT2D eigenvalue weighted by molar-refractivity contribution is 0.0558. The van der Waals surface area contributed by atoms with Gasteiger partial charge in [-0.25, -0.2) is 0 Å². The molecule has 3 heteroatoms. The molecule has 2 aliphatic rings. The molecule has 1 spiro atoms. The summed E-state index contributed by atoms with van der Waals surface area (Å²) in [6, 6.07) is 1.46. The zero-order valence-electron chi connectivity index (χ0n) is 12.4. The van der Waals surface area contributed by atoms with E-state index in [1.165, 1.54) is 56.7 Å². The van der Waals surface area contributed by atoms with Crippen LogP contribution in [0.25, 0.3) is 0 Å². The molecule has 0 radical (unpaired) electrons. The molecule has 2 nitrogen and oxygen atoms in total. The van der Waals surface area contributed by atoms with Crippen LogP contribution >= 0.6 is 11.8 Å². The molecule has 0 bridgehead atoms. The smallest absolute Gasteiger partial charge is 0.0309 e. The topological polar surface area (TPSA) is 15.3 Å². The van der Waals surface area contributed by atoms with Crippen LogP contribution in [0, 0.1) is 0 Å². The molecule has 0 amide bonds. The minimum Gasteiger partial charge on any atom is -0.308 e. The number of thioether (sulfide) groups is 1. The number of nitrogens with one attached hydrogen (secondary N) is 1. The van der Waals surface area contributed by atoms with Crippen LogP contribution in [0.2, 0.25) is 0 Å². The van der Waals surface area contributed by atoms with Gasteiger partial charge >= 0.3 is 0 Å². The van der Waals surface area contributed by atoms with Crippen molar-refractivity contribution in [2.75, 3.05) is 24.6 Å². The third kappa shape index (κ3) is 3.43. The van der Waals surface area contributed by atoms with Gasteiger partial charge in [0.1, 0.15) is 0 Å². The zero-order valence-corrected chi connectivity index (χ0v) is 13.2. The Labute approximate surface area is 117 Å². The second-order valence-corrected chi connectivity index (χ2v) is 7.62. The van der Waals surface area contributed by atoms with Crippen molar-refractivity contribution in [3.63, 3.8) is 0 Å². The summed E-state index contributed by atoms with van der Waals surface area (Å²) < 4.78 is 0. The minimum atomic E-state index is 0.471. The van der Waals surface area contributed by atoms with Crippen molar-refractivity contribution in [2.24, 2.45) is 0 Å². The van der Waals surface area contributed by atoms with Gasteiger partial charge in [0, 0.05) is 30.7 Å². The van der Waals surface area contributed by atoms with Gasteiger partial charge in [-0.1, -0.05) is 19.8 Å². The van der Waals surface area contributed by atoms with E-state index in [0.29, 0.717) is 11.6 Å². The van der Waals surface area contributed by atoms with E-state index in [2.05, 4.69) is 42.7 Å². The maximum absolute atomic E-state index is 3.85. The summed E-state index contributed by atoms with van der Waals surface area (Å²) in [5.41, 5.74) is 0.471. The first-order valence-corrected chi connectivity index (χ1v) is 8.91. The first kappa shape index (κ1) is 14.7. The minimum absolute atomic E-state index is 0.471. The molecule has 2 atom stereocenters. The molecule has 0 aromatic heterocycles. The molecule has 1 aliphatic carbocycles. The number of rotatable bonds is 5. The zero-order chi connectivity index (χ0) is 13.0. The van der Waals surface area contributed by atoms with E-state index in [-0.39, 0.29) is 0 Å². The first-order chi connectivity index (χ1) is 8.67. The fourth-order valence-corrected chi connectivity index (χ4v) is 4.38. The molecular weight excluding hydrogens is 240 g/mol. The van der Waals surface area contributed by atoms with E-state index < -0.39 is 0 Å². The highest BCUT2D eigenvalue weighted by Gasteiger charge is 2.40. The van der Waals surface area contributed by atoms with Crippen LogP contribution in [-0.4, -0.2) is 47.1 Å². The van der Waals surface area contributed by atoms with Gasteiger partial charge in [-0.05, 0) is 44.6 Å². The largest absolute Gasteiger partial charge is 0.308 e. The van der Waals surface area contributed by atoms with Gasteiger partial charge in [0.05, 0.1) is 0 Å². The number of piperazine rings is 1. The molecule has 1 heterocycles. The maximum atomic E-state index is 3.85. The summed E-state index contributed by atoms with van der Waals surface area (Å²) in [5.74, 6) is 2.58. The summed E-state index contributed by atoms with van der Waals surface area (Å²) in [4.78, 5) is 2.78. The molecule has 18 heavy (non-hydrogen) atoms. The Bertz CT molecular complexity index is 251. The first-order valence-electron chi connectivity index (χ1n) is 7.75. The third-order valence-corrected chi connectivity index (χ3v) is 5.77. The Kier molecular flexibility index (Phi) is 5.40. The molecule has 1 saturated heterocycles. The van der Waals surface area contributed by atoms with Crippen LogP contribution in [0.15, 0.2) is 0 Å². The summed E-state index contributed by atoms with van der Waals surface area (Å²) in [7, 11) is 0. The fourth-order valence-electron chi connectivity index (χ4n) is 3.58. The van der Waals surface area contributed by atoms with E-state index in [1.807, 2.05) is 0 Å². The normalized spacial score (nSPS) is 29.8. The summed E-state index contributed by atoms with van der Waals surface area (Å²) >= 11 is 2.08. The lowest BCUT2D eigenvalue weighted by atomic mass is 9.91. The molecule has 106 valence electrons. The average Bonchev–Trinajstić information content (AvgIpc) is 2.81. The monoisotopic (exact) mass is 270 g/mol. The molecule has 0 aromatic rings. The lowest BCUT2D eigenvalue weighted by Crippen LogP contribution is -2.64. The maximum Gasteiger partial charge on any atom is 0.0309 e. The van der Waals surface area contributed by atoms with Crippen LogP contribution in [0.4, 0.5) is 0 Å². The SMILES string of the molecule is CCSCCC(C)N1CC2(CCCC2)NCC1C. The highest BCUT2D eigenvalue weighted by atomic mass is 32.2. The Morgan fingerprint density at radius 3 is 2.78 bits per heavy atom. The Balaban J connectivity index is 1.88. The molecule has 2 fully saturated rings. The molecule has 0 aromatic carbocycles. The second-order valence-electron chi connectivity index (χ2n) is 6.22. The number of hydrogen-bond donors (Lipinski definition) is 1. The molecule has 1 N–H and O–H groups in total. The van der Waals surface area contributed by atoms with Crippen molar-refractivity contribution in [2.45, 2.75) is 70.5 Å². The van der Waals surface area contributed by atoms with Gasteiger partial charge in [0.25, 0.3) is 0 Å². The summed E-state index contributed by atoms with van der Waals surface area (Å²) in [5, 5.41) is 3.85. The molecule has 2 unspecified atom stereocenters. The van der Waals surface area contributed by atoms with Crippen LogP contribution < -0.4 is 5.32 Å². The van der Waals surface area contributed by atoms with E-state index in [4.69, 9.17) is 0 Å². The van der Waals surface area contributed by atoms with Crippen molar-refractivity contribution >= 4 is 11.8 Å². The number of nitrogens with zero attached hydrogens (tertiary/aromatic N) is 1. The Morgan fingerprint density at radius 2 is 2.11 bits per heavy atom. The van der Waals surface area contributed by atoms with Gasteiger partial charge in [-0.15, -0.1) is 0 Å². The standard InChI is InChI=1S/C15H30N2S/c1-4-18-10-7-13(2)17-12-15(8-5-6-9-15)16-11-14(17)3/h13-14,16H,4-12H2,1-3H3. The molecular formula is C15H30N2S. The van der Waals surface area contributed by atoms with E-state index in [1.54, 1.807) is 0 Å². The van der Waals surface area contributed by atoms with Crippen LogP contribution in [-0.2, 0) is 0 Å². The van der Waals surface area contributed by atoms with Crippen molar-refractivity contribution < 1.29 is 0 Å². The van der Waals surface area contributed by atoms with Gasteiger partial charge in [-0.2, -0.15) is 11.8 Å². The van der Waals surface area contributed by atoms with Gasteiger partial charge in [0.15, 0.2) is 0 Å². The average molecular weight is 270 g/mol. The van der Waals surface area contributed by atoms with Crippen molar-refractivity contribution in [3.05, 3.63) is 0 Å². The van der Waals surface area contributed by atoms with Crippen molar-refractivity contribution in [1.29, 1.82) is 0 Å². The Hall–Kier alpha value is 0.270. The van der Waals surface area contributed by atoms with E-state index in [9.17, 15) is 0 Å². The van der Waals surface area contributed by atoms with Crippen molar-refractivity contribution in [3.8, 4) is 0 Å². The second kappa shape index (κ2) is 6.62. The highest BCUT2D eigenvalue weighted by Crippen LogP contribution is 2.34. The van der Waals surface area contributed by atoms with Crippen LogP contribution in [0.1, 0.15) is 52.9 Å². The van der Waals surface area contributed by atoms with Crippen LogP contribution in [0.5, 0.6) is 0 Å². The third-order valence-electron chi connectivity index (χ3n) is 4.83. The van der Waals surface area contributed by atoms with E-state index >= 15 is 0 Å². The quantitative estimate of drug-likeness (QED) is 0.773. The van der Waals surface area contributed by atoms with Gasteiger partial charge in [0.2, 0.25) is 0 Å². The van der Waals surface area contributed by atoms with Gasteiger partial charge < -0.3 is 5.32 Å². The van der Waals surface area contributed by atoms with Gasteiger partial charge in [-0.3, -0.25) is 4.90 Å². The predicted molar refractivity (Wildman–Crippen MR) is 82.4 cm³/mol. The summed E-state index contributed by atoms with van der Waals surface area (Å²) in [6.07, 6.45) is 6.99.